The molecule has 0 radical (unpaired) electrons. The number of halogens is 3. The van der Waals surface area contributed by atoms with Gasteiger partial charge in [0.15, 0.2) is 28.8 Å². The van der Waals surface area contributed by atoms with E-state index in [2.05, 4.69) is 59.6 Å². The maximum absolute atomic E-state index is 14.6. The Hall–Kier alpha value is -4.54. The molecule has 0 atom stereocenters. The second-order valence-electron chi connectivity index (χ2n) is 15.3. The van der Waals surface area contributed by atoms with Crippen molar-refractivity contribution in [3.63, 3.8) is 0 Å². The van der Waals surface area contributed by atoms with Crippen molar-refractivity contribution in [2.45, 2.75) is 19.6 Å². The number of hydrogen-bond donors (Lipinski definition) is 2. The average molecular weight is 1200 g/mol. The summed E-state index contributed by atoms with van der Waals surface area (Å²) in [5, 5.41) is -1.05. The molecule has 0 spiro atoms. The number of rotatable bonds is 7. The van der Waals surface area contributed by atoms with Crippen LogP contribution < -0.4 is 109 Å². The maximum atomic E-state index is 14.6. The predicted octanol–water partition coefficient (Wildman–Crippen LogP) is -4.56. The fourth-order valence-electron chi connectivity index (χ4n) is 8.04. The number of nitrogens with zero attached hydrogens (tertiary/aromatic N) is 10. The number of nitrogens with one attached hydrogen (secondary N) is 2. The molecule has 0 amide bonds. The summed E-state index contributed by atoms with van der Waals surface area (Å²) < 4.78 is 175. The first-order chi connectivity index (χ1) is 34.0. The fraction of sp³-hybridized carbons (Fsp3) is 0. The molecule has 370 valence electrons. The second-order valence-corrected chi connectivity index (χ2v) is 21.4. The van der Waals surface area contributed by atoms with Gasteiger partial charge < -0.3 is 28.6 Å². The van der Waals surface area contributed by atoms with Gasteiger partial charge in [0, 0.05) is 45.0 Å². The van der Waals surface area contributed by atoms with Gasteiger partial charge in [0.05, 0.1) is 31.0 Å². The van der Waals surface area contributed by atoms with Gasteiger partial charge >= 0.3 is 105 Å². The van der Waals surface area contributed by atoms with E-state index in [1.54, 1.807) is 0 Å². The van der Waals surface area contributed by atoms with Gasteiger partial charge in [0.1, 0.15) is 35.4 Å². The van der Waals surface area contributed by atoms with Crippen LogP contribution in [0.3, 0.4) is 0 Å². The van der Waals surface area contributed by atoms with Gasteiger partial charge in [0.25, 0.3) is 16.1 Å². The van der Waals surface area contributed by atoms with E-state index in [4.69, 9.17) is 11.6 Å². The van der Waals surface area contributed by atoms with E-state index < -0.39 is 145 Å². The molecule has 6 heterocycles. The molecule has 23 nitrogen and oxygen atoms in total. The zero-order valence-electron chi connectivity index (χ0n) is 38.3. The minimum absolute atomic E-state index is 0. The van der Waals surface area contributed by atoms with E-state index in [-0.39, 0.29) is 144 Å². The van der Waals surface area contributed by atoms with Gasteiger partial charge in [-0.05, 0) is 53.2 Å². The van der Waals surface area contributed by atoms with Gasteiger partial charge in [-0.2, -0.15) is 13.8 Å². The van der Waals surface area contributed by atoms with E-state index in [9.17, 15) is 56.1 Å². The average Bonchev–Trinajstić information content (AvgIpc) is 4.05. The number of aromatic nitrogens is 10. The third-order valence-corrected chi connectivity index (χ3v) is 15.3. The van der Waals surface area contributed by atoms with Crippen LogP contribution in [0.1, 0.15) is 0 Å². The molecular formula is C42H18ClF2N12Na3NiO11S4. The number of fused-ring (bicyclic) bond motifs is 20. The Bertz CT molecular complexity index is 4580. The number of sulfonamides is 1. The van der Waals surface area contributed by atoms with Crippen LogP contribution in [0.15, 0.2) is 122 Å². The Balaban J connectivity index is 0.00000210. The summed E-state index contributed by atoms with van der Waals surface area (Å²) >= 11 is 5.92. The van der Waals surface area contributed by atoms with Crippen LogP contribution in [0.4, 0.5) is 20.2 Å². The van der Waals surface area contributed by atoms with Gasteiger partial charge in [0.2, 0.25) is 5.95 Å². The van der Waals surface area contributed by atoms with E-state index in [1.807, 2.05) is 0 Å². The molecule has 3 aliphatic heterocycles. The van der Waals surface area contributed by atoms with Crippen molar-refractivity contribution in [1.29, 1.82) is 0 Å². The number of aromatic amines is 1. The number of H-pyrrole nitrogens is 1. The van der Waals surface area contributed by atoms with Crippen LogP contribution in [-0.4, -0.2) is 87.2 Å². The van der Waals surface area contributed by atoms with Crippen LogP contribution in [-0.2, 0) is 56.9 Å². The Morgan fingerprint density at radius 1 is 0.566 bits per heavy atom. The molecule has 0 aliphatic carbocycles. The molecule has 5 aromatic carbocycles. The molecule has 0 fully saturated rings. The summed E-state index contributed by atoms with van der Waals surface area (Å²) in [5.74, 6) is -4.23. The molecule has 11 rings (SSSR count). The third-order valence-electron chi connectivity index (χ3n) is 10.9. The first kappa shape index (κ1) is 59.1. The number of benzene rings is 5. The largest absolute Gasteiger partial charge is 2.00 e. The predicted molar refractivity (Wildman–Crippen MR) is 242 cm³/mol. The summed E-state index contributed by atoms with van der Waals surface area (Å²) in [7, 11) is -20.8. The van der Waals surface area contributed by atoms with Crippen molar-refractivity contribution in [2.75, 3.05) is 4.72 Å². The number of anilines is 1. The molecule has 8 aromatic rings. The summed E-state index contributed by atoms with van der Waals surface area (Å²) in [6, 6.07) is 19.4. The number of hydrogen-bond acceptors (Lipinski definition) is 19. The zero-order valence-corrected chi connectivity index (χ0v) is 49.3. The zero-order chi connectivity index (χ0) is 50.8. The summed E-state index contributed by atoms with van der Waals surface area (Å²) in [4.78, 5) is 41.9. The SMILES string of the molecule is O=S(=O)([O-])c1cccc2c1-c1nc3nc(nc4[n-]c([n-]c5nc(nc-2n1)-c1c-5cccc1S(=O)(=O)[O-])c1c(S(=O)(=O)Nc2cccc(N=c5[nH]c(F)nc(F)c5Cl)c2)cccc41)-c1c-3cccc1S(=O)(=O)[O-].[Na+].[Na+].[Na+].[Ni+2]. The van der Waals surface area contributed by atoms with Gasteiger partial charge in [-0.1, -0.05) is 66.2 Å². The first-order valence-electron chi connectivity index (χ1n) is 19.9. The Morgan fingerprint density at radius 2 is 1.04 bits per heavy atom. The molecule has 3 aliphatic rings. The molecule has 0 saturated heterocycles. The molecule has 0 saturated carbocycles. The summed E-state index contributed by atoms with van der Waals surface area (Å²) in [6.07, 6.45) is -1.35. The quantitative estimate of drug-likeness (QED) is 0.0657. The Morgan fingerprint density at radius 3 is 1.59 bits per heavy atom. The van der Waals surface area contributed by atoms with Crippen molar-refractivity contribution in [3.8, 4) is 68.3 Å². The van der Waals surface area contributed by atoms with Gasteiger partial charge in [-0.25, -0.2) is 63.6 Å². The molecule has 34 heteroatoms. The molecule has 76 heavy (non-hydrogen) atoms. The Labute approximate surface area is 507 Å². The molecule has 0 unspecified atom stereocenters. The fourth-order valence-corrected chi connectivity index (χ4v) is 11.5. The minimum Gasteiger partial charge on any atom is -0.744 e. The van der Waals surface area contributed by atoms with Crippen molar-refractivity contribution in [3.05, 3.63) is 120 Å². The smallest absolute Gasteiger partial charge is 0.744 e. The normalized spacial score (nSPS) is 12.4. The van der Waals surface area contributed by atoms with Crippen LogP contribution >= 0.6 is 11.6 Å². The molecule has 3 aromatic heterocycles. The van der Waals surface area contributed by atoms with Crippen LogP contribution in [0.5, 0.6) is 0 Å². The van der Waals surface area contributed by atoms with E-state index in [1.165, 1.54) is 72.8 Å². The van der Waals surface area contributed by atoms with Gasteiger partial charge in [-0.3, -0.25) is 9.71 Å². The monoisotopic (exact) mass is 1190 g/mol. The molecular weight excluding hydrogens is 1180 g/mol. The second kappa shape index (κ2) is 21.6. The third kappa shape index (κ3) is 10.7. The van der Waals surface area contributed by atoms with Crippen molar-refractivity contribution in [1.82, 2.24) is 49.8 Å². The van der Waals surface area contributed by atoms with E-state index >= 15 is 0 Å². The Kier molecular flexibility index (Phi) is 16.8. The van der Waals surface area contributed by atoms with Crippen LogP contribution in [0, 0.1) is 12.0 Å². The van der Waals surface area contributed by atoms with E-state index in [0.29, 0.717) is 0 Å². The summed E-state index contributed by atoms with van der Waals surface area (Å²) in [5.41, 5.74) is -3.24. The topological polar surface area (TPSA) is 364 Å². The van der Waals surface area contributed by atoms with Crippen LogP contribution in [0.2, 0.25) is 5.02 Å². The summed E-state index contributed by atoms with van der Waals surface area (Å²) in [6.45, 7) is 0. The van der Waals surface area contributed by atoms with E-state index in [0.717, 1.165) is 24.3 Å². The standard InChI is InChI=1S/C42H21ClF2N12O11S4.3Na.Ni/c43-31-32(44)47-42(45)56-41(31)46-17-6-1-7-18(16-17)57-69(58,59)23-12-2-8-19-27(23)37-48-33(19)50-38-29-21(10-4-14-25(29)71(63,64)65)35(52-38)54-40-30-22(11-5-15-26(30)72(66,67)68)36(55-40)53-39-28-20(34(49-37)51-39)9-3-13-24(28)70(60,61)62;;;;/h1-16,57H,(H4-2,46,47,48,49,50,51,52,53,54,55,56,60,61,62,63,64,65,66,67,68);;;;/q-2;3*+1;+2/p-3. The molecule has 2 N–H and O–H groups in total. The van der Waals surface area contributed by atoms with Crippen molar-refractivity contribution < 1.29 is 161 Å². The first-order valence-corrected chi connectivity index (χ1v) is 26.0. The molecule has 8 bridgehead atoms. The van der Waals surface area contributed by atoms with Crippen molar-refractivity contribution >= 4 is 85.4 Å². The maximum Gasteiger partial charge on any atom is 2.00 e. The van der Waals surface area contributed by atoms with Crippen molar-refractivity contribution in [2.24, 2.45) is 4.99 Å². The van der Waals surface area contributed by atoms with Crippen LogP contribution in [0.25, 0.3) is 90.4 Å². The van der Waals surface area contributed by atoms with Gasteiger partial charge in [-0.15, -0.1) is 11.3 Å². The minimum atomic E-state index is -5.34.